The highest BCUT2D eigenvalue weighted by atomic mass is 35.5. The molecule has 0 saturated carbocycles. The number of halogens is 2. The highest BCUT2D eigenvalue weighted by Gasteiger charge is 2.56. The molecule has 0 bridgehead atoms. The fraction of sp³-hybridized carbons (Fsp3) is 0.444. The average molecular weight is 550 g/mol. The van der Waals surface area contributed by atoms with Crippen LogP contribution in [0.2, 0.25) is 10.0 Å². The van der Waals surface area contributed by atoms with Crippen molar-refractivity contribution in [3.8, 4) is 0 Å². The third kappa shape index (κ3) is 5.18. The number of phosphoric acid groups is 1. The van der Waals surface area contributed by atoms with E-state index in [0.29, 0.717) is 17.0 Å². The molecule has 3 N–H and O–H groups in total. The van der Waals surface area contributed by atoms with Gasteiger partial charge in [0.05, 0.1) is 29.4 Å². The first-order valence-electron chi connectivity index (χ1n) is 10.0. The summed E-state index contributed by atoms with van der Waals surface area (Å²) in [5.74, 6) is 0. The van der Waals surface area contributed by atoms with Crippen molar-refractivity contribution in [1.29, 1.82) is 0 Å². The number of hydrogen-bond acceptors (Lipinski definition) is 10. The summed E-state index contributed by atoms with van der Waals surface area (Å²) < 4.78 is 35.5. The molecular formula is C18H18Cl2N5O9P. The quantitative estimate of drug-likeness (QED) is 0.209. The molecule has 1 unspecified atom stereocenters. The zero-order valence-corrected chi connectivity index (χ0v) is 20.0. The van der Waals surface area contributed by atoms with Gasteiger partial charge in [-0.3, -0.25) is 27.9 Å². The Morgan fingerprint density at radius 2 is 2.09 bits per heavy atom. The summed E-state index contributed by atoms with van der Waals surface area (Å²) in [6.07, 6.45) is -4.72. The molecule has 2 aromatic rings. The Kier molecular flexibility index (Phi) is 7.41. The van der Waals surface area contributed by atoms with E-state index < -0.39 is 55.9 Å². The number of H-pyrrole nitrogens is 1. The Balaban J connectivity index is 1.55. The van der Waals surface area contributed by atoms with Crippen molar-refractivity contribution in [3.63, 3.8) is 0 Å². The second-order valence-electron chi connectivity index (χ2n) is 7.61. The second-order valence-corrected chi connectivity index (χ2v) is 10.0. The van der Waals surface area contributed by atoms with Crippen LogP contribution in [0.1, 0.15) is 24.3 Å². The molecule has 0 amide bonds. The molecule has 4 rings (SSSR count). The lowest BCUT2D eigenvalue weighted by atomic mass is 10.1. The topological polar surface area (TPSA) is 198 Å². The van der Waals surface area contributed by atoms with Crippen LogP contribution >= 0.6 is 31.0 Å². The standard InChI is InChI=1S/C18H18Cl2N5O9P/c19-10-2-1-9(7-11(10)20)12-4-6-31-35(30,34-12)32-8-18(23-24-21)15(28)14(27)16(33-18)25-5-3-13(26)22-17(25)29/h1-3,5,7,12,14-16,27-28H,4,6,8H2,(H,22,26,29)/t12-,14+,15-,16+,18+,35?/m0/s1. The summed E-state index contributed by atoms with van der Waals surface area (Å²) in [5.41, 5.74) is 5.62. The molecule has 0 aliphatic carbocycles. The van der Waals surface area contributed by atoms with Gasteiger partial charge in [-0.2, -0.15) is 0 Å². The Hall–Kier alpha value is -2.22. The van der Waals surface area contributed by atoms with Crippen LogP contribution in [-0.2, 0) is 22.9 Å². The molecular weight excluding hydrogens is 532 g/mol. The predicted molar refractivity (Wildman–Crippen MR) is 120 cm³/mol. The van der Waals surface area contributed by atoms with Crippen LogP contribution in [0.25, 0.3) is 10.4 Å². The lowest BCUT2D eigenvalue weighted by molar-refractivity contribution is -0.127. The first kappa shape index (κ1) is 25.9. The number of rotatable bonds is 6. The normalized spacial score (nSPS) is 32.8. The van der Waals surface area contributed by atoms with Crippen LogP contribution in [0.4, 0.5) is 0 Å². The fourth-order valence-electron chi connectivity index (χ4n) is 3.62. The second kappa shape index (κ2) is 10.0. The number of ether oxygens (including phenoxy) is 1. The molecule has 1 aromatic carbocycles. The summed E-state index contributed by atoms with van der Waals surface area (Å²) in [5, 5.41) is 25.1. The van der Waals surface area contributed by atoms with Crippen LogP contribution in [0.3, 0.4) is 0 Å². The van der Waals surface area contributed by atoms with E-state index in [1.807, 2.05) is 4.98 Å². The van der Waals surface area contributed by atoms with Crippen LogP contribution in [0, 0.1) is 0 Å². The fourth-order valence-corrected chi connectivity index (χ4v) is 5.33. The summed E-state index contributed by atoms with van der Waals surface area (Å²) in [4.78, 5) is 28.0. The van der Waals surface area contributed by atoms with Crippen LogP contribution < -0.4 is 11.2 Å². The SMILES string of the molecule is [N-]=[N+]=N[C@]1(COP2(=O)OCC[C@@H](c3ccc(Cl)c(Cl)c3)O2)O[C@@H](n2ccc(=O)[nH]c2=O)[C@H](O)[C@@H]1O. The minimum absolute atomic E-state index is 0.0296. The van der Waals surface area contributed by atoms with Crippen molar-refractivity contribution in [2.75, 3.05) is 13.2 Å². The van der Waals surface area contributed by atoms with E-state index in [4.69, 9.17) is 47.0 Å². The van der Waals surface area contributed by atoms with E-state index >= 15 is 0 Å². The van der Waals surface area contributed by atoms with Crippen molar-refractivity contribution in [2.24, 2.45) is 5.11 Å². The average Bonchev–Trinajstić information content (AvgIpc) is 3.05. The van der Waals surface area contributed by atoms with Crippen molar-refractivity contribution < 1.29 is 33.1 Å². The van der Waals surface area contributed by atoms with Gasteiger partial charge in [-0.05, 0) is 23.2 Å². The molecule has 2 aliphatic rings. The molecule has 0 radical (unpaired) electrons. The Bertz CT molecular complexity index is 1330. The number of azide groups is 1. The van der Waals surface area contributed by atoms with Gasteiger partial charge in [0.25, 0.3) is 5.56 Å². The maximum atomic E-state index is 13.1. The van der Waals surface area contributed by atoms with Crippen molar-refractivity contribution in [1.82, 2.24) is 9.55 Å². The minimum atomic E-state index is -4.28. The largest absolute Gasteiger partial charge is 0.475 e. The Morgan fingerprint density at radius 1 is 1.31 bits per heavy atom. The highest BCUT2D eigenvalue weighted by molar-refractivity contribution is 7.48. The van der Waals surface area contributed by atoms with E-state index in [1.54, 1.807) is 18.2 Å². The van der Waals surface area contributed by atoms with E-state index in [2.05, 4.69) is 10.0 Å². The van der Waals surface area contributed by atoms with Crippen molar-refractivity contribution in [3.05, 3.63) is 77.4 Å². The monoisotopic (exact) mass is 549 g/mol. The number of benzene rings is 1. The molecule has 2 aliphatic heterocycles. The zero-order valence-electron chi connectivity index (χ0n) is 17.6. The zero-order chi connectivity index (χ0) is 25.4. The molecule has 188 valence electrons. The molecule has 2 fully saturated rings. The molecule has 2 saturated heterocycles. The number of nitrogens with zero attached hydrogens (tertiary/aromatic N) is 4. The van der Waals surface area contributed by atoms with Crippen LogP contribution in [-0.4, -0.2) is 50.9 Å². The van der Waals surface area contributed by atoms with Gasteiger partial charge in [0.2, 0.25) is 5.72 Å². The number of aromatic amines is 1. The van der Waals surface area contributed by atoms with Crippen LogP contribution in [0.5, 0.6) is 0 Å². The molecule has 0 spiro atoms. The van der Waals surface area contributed by atoms with Crippen LogP contribution in [0.15, 0.2) is 45.2 Å². The number of nitrogens with one attached hydrogen (secondary N) is 1. The van der Waals surface area contributed by atoms with E-state index in [1.165, 1.54) is 0 Å². The van der Waals surface area contributed by atoms with Gasteiger partial charge < -0.3 is 14.9 Å². The molecule has 1 aromatic heterocycles. The molecule has 17 heteroatoms. The van der Waals surface area contributed by atoms with Gasteiger partial charge in [-0.1, -0.05) is 34.4 Å². The number of aliphatic hydroxyl groups excluding tert-OH is 2. The number of aromatic nitrogens is 2. The Morgan fingerprint density at radius 3 is 2.77 bits per heavy atom. The van der Waals surface area contributed by atoms with Crippen molar-refractivity contribution >= 4 is 31.0 Å². The maximum Gasteiger partial charge on any atom is 0.475 e. The molecule has 35 heavy (non-hydrogen) atoms. The lowest BCUT2D eigenvalue weighted by Gasteiger charge is -2.32. The first-order chi connectivity index (χ1) is 16.6. The lowest BCUT2D eigenvalue weighted by Crippen LogP contribution is -2.45. The highest BCUT2D eigenvalue weighted by Crippen LogP contribution is 2.58. The minimum Gasteiger partial charge on any atom is -0.387 e. The van der Waals surface area contributed by atoms with Gasteiger partial charge in [0, 0.05) is 23.6 Å². The number of phosphoric ester groups is 1. The van der Waals surface area contributed by atoms with Gasteiger partial charge >= 0.3 is 13.5 Å². The Labute approximate surface area is 206 Å². The summed E-state index contributed by atoms with van der Waals surface area (Å²) in [7, 11) is -4.28. The maximum absolute atomic E-state index is 13.1. The number of aliphatic hydroxyl groups is 2. The van der Waals surface area contributed by atoms with Gasteiger partial charge in [0.1, 0.15) is 12.2 Å². The predicted octanol–water partition coefficient (Wildman–Crippen LogP) is 2.40. The summed E-state index contributed by atoms with van der Waals surface area (Å²) >= 11 is 12.0. The smallest absolute Gasteiger partial charge is 0.387 e. The first-order valence-corrected chi connectivity index (χ1v) is 12.2. The van der Waals surface area contributed by atoms with E-state index in [0.717, 1.165) is 16.8 Å². The summed E-state index contributed by atoms with van der Waals surface area (Å²) in [6.45, 7) is -0.909. The van der Waals surface area contributed by atoms with Crippen molar-refractivity contribution in [2.45, 2.75) is 36.7 Å². The third-order valence-electron chi connectivity index (χ3n) is 5.37. The van der Waals surface area contributed by atoms with E-state index in [9.17, 15) is 24.4 Å². The van der Waals surface area contributed by atoms with Gasteiger partial charge in [-0.15, -0.1) is 0 Å². The molecule has 6 atom stereocenters. The third-order valence-corrected chi connectivity index (χ3v) is 7.57. The van der Waals surface area contributed by atoms with E-state index in [-0.39, 0.29) is 11.6 Å². The molecule has 3 heterocycles. The van der Waals surface area contributed by atoms with Gasteiger partial charge in [-0.25, -0.2) is 9.36 Å². The number of hydrogen-bond donors (Lipinski definition) is 3. The molecule has 14 nitrogen and oxygen atoms in total. The summed E-state index contributed by atoms with van der Waals surface area (Å²) in [6, 6.07) is 5.70. The van der Waals surface area contributed by atoms with Gasteiger partial charge in [0.15, 0.2) is 6.23 Å².